The molecule has 0 unspecified atom stereocenters. The lowest BCUT2D eigenvalue weighted by atomic mass is 10.1. The third kappa shape index (κ3) is 6.06. The monoisotopic (exact) mass is 513 g/mol. The molecule has 1 aliphatic rings. The van der Waals surface area contributed by atoms with Crippen molar-refractivity contribution in [3.8, 4) is 5.75 Å². The fraction of sp³-hybridized carbons (Fsp3) is 0.258. The summed E-state index contributed by atoms with van der Waals surface area (Å²) < 4.78 is 25.8. The molecule has 0 N–H and O–H groups in total. The first-order valence-corrected chi connectivity index (χ1v) is 12.9. The number of hydrogen-bond donors (Lipinski definition) is 0. The van der Waals surface area contributed by atoms with Gasteiger partial charge in [0.2, 0.25) is 0 Å². The number of ether oxygens (including phenoxy) is 1. The van der Waals surface area contributed by atoms with Crippen molar-refractivity contribution in [3.05, 3.63) is 119 Å². The number of furan rings is 1. The molecule has 1 fully saturated rings. The van der Waals surface area contributed by atoms with Crippen LogP contribution in [0.2, 0.25) is 0 Å². The number of nitrogens with zero attached hydrogens (tertiary/aromatic N) is 3. The van der Waals surface area contributed by atoms with Crippen molar-refractivity contribution >= 4 is 11.6 Å². The van der Waals surface area contributed by atoms with Crippen LogP contribution in [-0.4, -0.2) is 49.0 Å². The Hall–Kier alpha value is -4.10. The fourth-order valence-electron chi connectivity index (χ4n) is 4.90. The van der Waals surface area contributed by atoms with Gasteiger partial charge in [0.25, 0.3) is 5.91 Å². The summed E-state index contributed by atoms with van der Waals surface area (Å²) in [6.45, 7) is 4.10. The molecule has 3 aromatic carbocycles. The number of hydrogen-bond acceptors (Lipinski definition) is 5. The van der Waals surface area contributed by atoms with Crippen molar-refractivity contribution < 1.29 is 18.3 Å². The Morgan fingerprint density at radius 1 is 0.842 bits per heavy atom. The molecule has 0 spiro atoms. The van der Waals surface area contributed by atoms with Gasteiger partial charge in [0.1, 0.15) is 17.3 Å². The first-order valence-electron chi connectivity index (χ1n) is 12.9. The minimum atomic E-state index is -0.240. The van der Waals surface area contributed by atoms with Crippen LogP contribution in [0.4, 0.5) is 10.1 Å². The lowest BCUT2D eigenvalue weighted by molar-refractivity contribution is 0.0710. The van der Waals surface area contributed by atoms with Crippen LogP contribution in [-0.2, 0) is 19.6 Å². The summed E-state index contributed by atoms with van der Waals surface area (Å²) in [5.74, 6) is 1.52. The first-order chi connectivity index (χ1) is 18.6. The average molecular weight is 514 g/mol. The Kier molecular flexibility index (Phi) is 8.04. The largest absolute Gasteiger partial charge is 0.496 e. The summed E-state index contributed by atoms with van der Waals surface area (Å²) in [5, 5.41) is 0. The molecule has 196 valence electrons. The average Bonchev–Trinajstić information content (AvgIpc) is 3.42. The molecule has 6 nitrogen and oxygen atoms in total. The highest BCUT2D eigenvalue weighted by Gasteiger charge is 2.25. The van der Waals surface area contributed by atoms with E-state index in [1.54, 1.807) is 30.2 Å². The molecule has 0 radical (unpaired) electrons. The van der Waals surface area contributed by atoms with Crippen molar-refractivity contribution in [3.63, 3.8) is 0 Å². The van der Waals surface area contributed by atoms with Crippen LogP contribution < -0.4 is 9.64 Å². The summed E-state index contributed by atoms with van der Waals surface area (Å²) in [7, 11) is 1.68. The van der Waals surface area contributed by atoms with Crippen molar-refractivity contribution in [1.82, 2.24) is 9.80 Å². The molecule has 1 aliphatic heterocycles. The van der Waals surface area contributed by atoms with Crippen LogP contribution >= 0.6 is 0 Å². The molecule has 1 aromatic heterocycles. The van der Waals surface area contributed by atoms with E-state index in [2.05, 4.69) is 23.1 Å². The van der Waals surface area contributed by atoms with E-state index in [1.807, 2.05) is 53.4 Å². The zero-order chi connectivity index (χ0) is 26.3. The summed E-state index contributed by atoms with van der Waals surface area (Å²) in [5.41, 5.74) is 2.85. The zero-order valence-electron chi connectivity index (χ0n) is 21.6. The van der Waals surface area contributed by atoms with Gasteiger partial charge in [-0.2, -0.15) is 0 Å². The second-order valence-corrected chi connectivity index (χ2v) is 9.44. The molecular weight excluding hydrogens is 481 g/mol. The van der Waals surface area contributed by atoms with Crippen molar-refractivity contribution in [2.75, 3.05) is 38.2 Å². The Morgan fingerprint density at radius 3 is 2.32 bits per heavy atom. The van der Waals surface area contributed by atoms with E-state index in [1.165, 1.54) is 11.6 Å². The zero-order valence-corrected chi connectivity index (χ0v) is 21.6. The van der Waals surface area contributed by atoms with Gasteiger partial charge in [-0.05, 0) is 35.9 Å². The molecule has 1 amide bonds. The highest BCUT2D eigenvalue weighted by molar-refractivity contribution is 5.91. The summed E-state index contributed by atoms with van der Waals surface area (Å²) in [6, 6.07) is 28.7. The molecule has 38 heavy (non-hydrogen) atoms. The molecule has 4 aromatic rings. The van der Waals surface area contributed by atoms with Gasteiger partial charge in [0, 0.05) is 44.8 Å². The Morgan fingerprint density at radius 2 is 1.55 bits per heavy atom. The number of benzene rings is 3. The number of methoxy groups -OCH3 is 1. The van der Waals surface area contributed by atoms with Gasteiger partial charge in [-0.25, -0.2) is 4.39 Å². The summed E-state index contributed by atoms with van der Waals surface area (Å²) >= 11 is 0. The van der Waals surface area contributed by atoms with Crippen molar-refractivity contribution in [2.45, 2.75) is 19.6 Å². The predicted molar refractivity (Wildman–Crippen MR) is 146 cm³/mol. The smallest absolute Gasteiger partial charge is 0.289 e. The third-order valence-corrected chi connectivity index (χ3v) is 6.85. The highest BCUT2D eigenvalue weighted by Crippen LogP contribution is 2.24. The maximum absolute atomic E-state index is 14.2. The van der Waals surface area contributed by atoms with Crippen molar-refractivity contribution in [2.24, 2.45) is 0 Å². The quantitative estimate of drug-likeness (QED) is 0.292. The normalized spacial score (nSPS) is 13.7. The van der Waals surface area contributed by atoms with Gasteiger partial charge >= 0.3 is 0 Å². The van der Waals surface area contributed by atoms with E-state index in [4.69, 9.17) is 9.15 Å². The Labute approximate surface area is 222 Å². The van der Waals surface area contributed by atoms with Crippen molar-refractivity contribution in [1.29, 1.82) is 0 Å². The van der Waals surface area contributed by atoms with E-state index in [0.29, 0.717) is 50.7 Å². The molecular formula is C31H32FN3O3. The second-order valence-electron chi connectivity index (χ2n) is 9.44. The summed E-state index contributed by atoms with van der Waals surface area (Å²) in [6.07, 6.45) is 0. The Bertz CT molecular complexity index is 1350. The number of carbonyl (C=O) groups is 1. The standard InChI is InChI=1S/C31H32FN3O3/c1-37-29-14-8-5-11-25(29)22-33(21-24-9-3-2-4-10-24)23-26-15-16-30(38-26)31(36)35-19-17-34(18-20-35)28-13-7-6-12-27(28)32/h2-16H,17-23H2,1H3. The van der Waals surface area contributed by atoms with E-state index in [0.717, 1.165) is 23.6 Å². The number of carbonyl (C=O) groups excluding carboxylic acids is 1. The molecule has 0 atom stereocenters. The molecule has 5 rings (SSSR count). The number of halogens is 1. The number of piperazine rings is 1. The van der Waals surface area contributed by atoms with Crippen LogP contribution in [0.25, 0.3) is 0 Å². The minimum Gasteiger partial charge on any atom is -0.496 e. The van der Waals surface area contributed by atoms with Crippen LogP contribution in [0.1, 0.15) is 27.4 Å². The maximum atomic E-state index is 14.2. The lowest BCUT2D eigenvalue weighted by Crippen LogP contribution is -2.49. The molecule has 7 heteroatoms. The predicted octanol–water partition coefficient (Wildman–Crippen LogP) is 5.59. The first kappa shape index (κ1) is 25.5. The highest BCUT2D eigenvalue weighted by atomic mass is 19.1. The van der Waals surface area contributed by atoms with E-state index >= 15 is 0 Å². The van der Waals surface area contributed by atoms with Gasteiger partial charge in [-0.15, -0.1) is 0 Å². The van der Waals surface area contributed by atoms with Gasteiger partial charge < -0.3 is 19.0 Å². The van der Waals surface area contributed by atoms with Gasteiger partial charge in [-0.3, -0.25) is 9.69 Å². The number of anilines is 1. The molecule has 2 heterocycles. The maximum Gasteiger partial charge on any atom is 0.289 e. The summed E-state index contributed by atoms with van der Waals surface area (Å²) in [4.78, 5) is 19.2. The molecule has 1 saturated heterocycles. The van der Waals surface area contributed by atoms with Gasteiger partial charge in [-0.1, -0.05) is 60.7 Å². The number of amides is 1. The second kappa shape index (κ2) is 12.0. The molecule has 0 aliphatic carbocycles. The topological polar surface area (TPSA) is 49.2 Å². The SMILES string of the molecule is COc1ccccc1CN(Cc1ccccc1)Cc1ccc(C(=O)N2CCN(c3ccccc3F)CC2)o1. The third-order valence-electron chi connectivity index (χ3n) is 6.85. The fourth-order valence-corrected chi connectivity index (χ4v) is 4.90. The van der Waals surface area contributed by atoms with Crippen LogP contribution in [0.15, 0.2) is 95.4 Å². The van der Waals surface area contributed by atoms with E-state index < -0.39 is 0 Å². The Balaban J connectivity index is 1.25. The van der Waals surface area contributed by atoms with E-state index in [-0.39, 0.29) is 11.7 Å². The van der Waals surface area contributed by atoms with Crippen LogP contribution in [0, 0.1) is 5.82 Å². The number of para-hydroxylation sites is 2. The van der Waals surface area contributed by atoms with E-state index in [9.17, 15) is 9.18 Å². The van der Waals surface area contributed by atoms with Crippen LogP contribution in [0.3, 0.4) is 0 Å². The minimum absolute atomic E-state index is 0.135. The lowest BCUT2D eigenvalue weighted by Gasteiger charge is -2.35. The van der Waals surface area contributed by atoms with Gasteiger partial charge in [0.15, 0.2) is 5.76 Å². The van der Waals surface area contributed by atoms with Gasteiger partial charge in [0.05, 0.1) is 19.3 Å². The molecule has 0 saturated carbocycles. The molecule has 0 bridgehead atoms. The number of rotatable bonds is 9. The van der Waals surface area contributed by atoms with Crippen LogP contribution in [0.5, 0.6) is 5.75 Å².